The van der Waals surface area contributed by atoms with Crippen molar-refractivity contribution in [1.29, 1.82) is 0 Å². The highest BCUT2D eigenvalue weighted by molar-refractivity contribution is 5.83. The molecule has 98 valence electrons. The molecular formula is C13H15F3N2. The normalized spacial score (nSPS) is 14.1. The second kappa shape index (κ2) is 4.65. The smallest absolute Gasteiger partial charge is 0.347 e. The van der Waals surface area contributed by atoms with Crippen LogP contribution in [-0.2, 0) is 6.54 Å². The third-order valence-electron chi connectivity index (χ3n) is 3.15. The Kier molecular flexibility index (Phi) is 3.34. The summed E-state index contributed by atoms with van der Waals surface area (Å²) in [4.78, 5) is 0. The van der Waals surface area contributed by atoms with Crippen molar-refractivity contribution >= 4 is 10.9 Å². The molecule has 0 aliphatic carbocycles. The average Bonchev–Trinajstić information content (AvgIpc) is 2.62. The summed E-state index contributed by atoms with van der Waals surface area (Å²) in [7, 11) is 0. The van der Waals surface area contributed by atoms with Gasteiger partial charge in [-0.3, -0.25) is 0 Å². The number of benzene rings is 1. The van der Waals surface area contributed by atoms with Gasteiger partial charge in [-0.05, 0) is 18.6 Å². The Bertz CT molecular complexity index is 543. The van der Waals surface area contributed by atoms with Gasteiger partial charge in [0.15, 0.2) is 0 Å². The summed E-state index contributed by atoms with van der Waals surface area (Å²) in [6, 6.07) is 7.44. The number of aryl methyl sites for hydroxylation is 1. The van der Waals surface area contributed by atoms with Crippen LogP contribution >= 0.6 is 0 Å². The van der Waals surface area contributed by atoms with Crippen molar-refractivity contribution < 1.29 is 13.2 Å². The molecule has 0 spiro atoms. The van der Waals surface area contributed by atoms with Gasteiger partial charge in [0, 0.05) is 30.2 Å². The van der Waals surface area contributed by atoms with Gasteiger partial charge in [0.05, 0.1) is 5.92 Å². The molecule has 1 heterocycles. The first-order valence-corrected chi connectivity index (χ1v) is 5.74. The minimum absolute atomic E-state index is 0.131. The molecule has 0 bridgehead atoms. The highest BCUT2D eigenvalue weighted by Crippen LogP contribution is 2.29. The molecule has 2 N–H and O–H groups in total. The molecule has 2 nitrogen and oxygen atoms in total. The maximum absolute atomic E-state index is 12.7. The van der Waals surface area contributed by atoms with Gasteiger partial charge in [0.25, 0.3) is 0 Å². The molecule has 1 unspecified atom stereocenters. The second-order valence-electron chi connectivity index (χ2n) is 4.46. The molecule has 0 saturated carbocycles. The number of aromatic nitrogens is 1. The molecule has 0 fully saturated rings. The van der Waals surface area contributed by atoms with E-state index in [0.29, 0.717) is 0 Å². The van der Waals surface area contributed by atoms with Crippen LogP contribution in [-0.4, -0.2) is 17.3 Å². The molecule has 2 aromatic rings. The van der Waals surface area contributed by atoms with Crippen molar-refractivity contribution in [3.05, 3.63) is 36.0 Å². The number of alkyl halides is 3. The SMILES string of the molecule is Cc1cn(CC(CN)C(F)(F)F)c2ccccc12. The van der Waals surface area contributed by atoms with E-state index in [2.05, 4.69) is 0 Å². The topological polar surface area (TPSA) is 30.9 Å². The van der Waals surface area contributed by atoms with Gasteiger partial charge in [0.1, 0.15) is 0 Å². The average molecular weight is 256 g/mol. The lowest BCUT2D eigenvalue weighted by atomic mass is 10.1. The van der Waals surface area contributed by atoms with Crippen molar-refractivity contribution in [3.63, 3.8) is 0 Å². The number of fused-ring (bicyclic) bond motifs is 1. The van der Waals surface area contributed by atoms with Crippen LogP contribution in [0.5, 0.6) is 0 Å². The van der Waals surface area contributed by atoms with Gasteiger partial charge in [-0.15, -0.1) is 0 Å². The minimum atomic E-state index is -4.26. The molecule has 0 radical (unpaired) electrons. The predicted octanol–water partition coefficient (Wildman–Crippen LogP) is 3.09. The van der Waals surface area contributed by atoms with Crippen LogP contribution in [0.15, 0.2) is 30.5 Å². The summed E-state index contributed by atoms with van der Waals surface area (Å²) in [5.41, 5.74) is 7.02. The molecule has 0 saturated heterocycles. The standard InChI is InChI=1S/C13H15F3N2/c1-9-7-18(8-10(6-17)13(14,15)16)12-5-3-2-4-11(9)12/h2-5,7,10H,6,8,17H2,1H3. The largest absolute Gasteiger partial charge is 0.394 e. The Hall–Kier alpha value is -1.49. The number of nitrogens with zero attached hydrogens (tertiary/aromatic N) is 1. The molecule has 1 atom stereocenters. The van der Waals surface area contributed by atoms with E-state index < -0.39 is 18.6 Å². The minimum Gasteiger partial charge on any atom is -0.347 e. The van der Waals surface area contributed by atoms with Crippen molar-refractivity contribution in [1.82, 2.24) is 4.57 Å². The Morgan fingerprint density at radius 2 is 1.94 bits per heavy atom. The van der Waals surface area contributed by atoms with Gasteiger partial charge in [-0.25, -0.2) is 0 Å². The van der Waals surface area contributed by atoms with Gasteiger partial charge in [-0.2, -0.15) is 13.2 Å². The third kappa shape index (κ3) is 2.36. The summed E-state index contributed by atoms with van der Waals surface area (Å²) in [6.07, 6.45) is -2.51. The molecule has 1 aromatic heterocycles. The van der Waals surface area contributed by atoms with E-state index in [-0.39, 0.29) is 6.54 Å². The van der Waals surface area contributed by atoms with E-state index in [1.165, 1.54) is 0 Å². The van der Waals surface area contributed by atoms with E-state index in [4.69, 9.17) is 5.73 Å². The molecule has 0 amide bonds. The fourth-order valence-electron chi connectivity index (χ4n) is 2.13. The number of hydrogen-bond acceptors (Lipinski definition) is 1. The Balaban J connectivity index is 2.37. The number of halogens is 3. The maximum Gasteiger partial charge on any atom is 0.394 e. The van der Waals surface area contributed by atoms with Crippen LogP contribution in [0.4, 0.5) is 13.2 Å². The first-order valence-electron chi connectivity index (χ1n) is 5.74. The highest BCUT2D eigenvalue weighted by Gasteiger charge is 2.38. The van der Waals surface area contributed by atoms with E-state index in [9.17, 15) is 13.2 Å². The molecule has 1 aromatic carbocycles. The van der Waals surface area contributed by atoms with Gasteiger partial charge < -0.3 is 10.3 Å². The number of rotatable bonds is 3. The monoisotopic (exact) mass is 256 g/mol. The highest BCUT2D eigenvalue weighted by atomic mass is 19.4. The zero-order valence-electron chi connectivity index (χ0n) is 10.0. The Morgan fingerprint density at radius 1 is 1.28 bits per heavy atom. The second-order valence-corrected chi connectivity index (χ2v) is 4.46. The number of nitrogens with two attached hydrogens (primary N) is 1. The van der Waals surface area contributed by atoms with Crippen molar-refractivity contribution in [2.45, 2.75) is 19.6 Å². The van der Waals surface area contributed by atoms with E-state index in [1.54, 1.807) is 10.8 Å². The van der Waals surface area contributed by atoms with Crippen LogP contribution < -0.4 is 5.73 Å². The zero-order chi connectivity index (χ0) is 13.3. The number of para-hydroxylation sites is 1. The molecule has 5 heteroatoms. The Labute approximate surface area is 103 Å². The van der Waals surface area contributed by atoms with Crippen molar-refractivity contribution in [3.8, 4) is 0 Å². The van der Waals surface area contributed by atoms with Crippen LogP contribution in [0.2, 0.25) is 0 Å². The van der Waals surface area contributed by atoms with Crippen LogP contribution in [0.1, 0.15) is 5.56 Å². The van der Waals surface area contributed by atoms with Crippen LogP contribution in [0.25, 0.3) is 10.9 Å². The van der Waals surface area contributed by atoms with E-state index in [0.717, 1.165) is 16.5 Å². The van der Waals surface area contributed by atoms with Crippen LogP contribution in [0.3, 0.4) is 0 Å². The van der Waals surface area contributed by atoms with Gasteiger partial charge in [0.2, 0.25) is 0 Å². The molecular weight excluding hydrogens is 241 g/mol. The fourth-order valence-corrected chi connectivity index (χ4v) is 2.13. The maximum atomic E-state index is 12.7. The number of hydrogen-bond donors (Lipinski definition) is 1. The molecule has 0 aliphatic heterocycles. The molecule has 2 rings (SSSR count). The summed E-state index contributed by atoms with van der Waals surface area (Å²) < 4.78 is 39.8. The first-order chi connectivity index (χ1) is 8.43. The van der Waals surface area contributed by atoms with Crippen molar-refractivity contribution in [2.75, 3.05) is 6.54 Å². The predicted molar refractivity (Wildman–Crippen MR) is 65.3 cm³/mol. The lowest BCUT2D eigenvalue weighted by Gasteiger charge is -2.19. The summed E-state index contributed by atoms with van der Waals surface area (Å²) in [5, 5.41) is 0.982. The lowest BCUT2D eigenvalue weighted by molar-refractivity contribution is -0.174. The summed E-state index contributed by atoms with van der Waals surface area (Å²) in [6.45, 7) is 1.37. The van der Waals surface area contributed by atoms with E-state index >= 15 is 0 Å². The lowest BCUT2D eigenvalue weighted by Crippen LogP contribution is -2.33. The summed E-state index contributed by atoms with van der Waals surface area (Å²) >= 11 is 0. The summed E-state index contributed by atoms with van der Waals surface area (Å²) in [5.74, 6) is -1.51. The van der Waals surface area contributed by atoms with Gasteiger partial charge in [-0.1, -0.05) is 18.2 Å². The Morgan fingerprint density at radius 3 is 2.56 bits per heavy atom. The van der Waals surface area contributed by atoms with E-state index in [1.807, 2.05) is 31.2 Å². The van der Waals surface area contributed by atoms with Gasteiger partial charge >= 0.3 is 6.18 Å². The molecule has 18 heavy (non-hydrogen) atoms. The first kappa shape index (κ1) is 13.0. The fraction of sp³-hybridized carbons (Fsp3) is 0.385. The quantitative estimate of drug-likeness (QED) is 0.898. The zero-order valence-corrected chi connectivity index (χ0v) is 10.0. The van der Waals surface area contributed by atoms with Crippen LogP contribution in [0, 0.1) is 12.8 Å². The van der Waals surface area contributed by atoms with Crippen molar-refractivity contribution in [2.24, 2.45) is 11.7 Å². The third-order valence-corrected chi connectivity index (χ3v) is 3.15. The molecule has 0 aliphatic rings.